The number of anilines is 1. The highest BCUT2D eigenvalue weighted by Gasteiger charge is 1.99. The average Bonchev–Trinajstić information content (AvgIpc) is 2.17. The second kappa shape index (κ2) is 5.41. The van der Waals surface area contributed by atoms with Crippen LogP contribution in [0.5, 0.6) is 5.75 Å². The van der Waals surface area contributed by atoms with Crippen LogP contribution in [0.15, 0.2) is 24.3 Å². The predicted molar refractivity (Wildman–Crippen MR) is 65.0 cm³/mol. The maximum Gasteiger partial charge on any atom is 0.126 e. The lowest BCUT2D eigenvalue weighted by atomic mass is 10.1. The first kappa shape index (κ1) is 11.6. The van der Waals surface area contributed by atoms with Gasteiger partial charge in [-0.2, -0.15) is 0 Å². The topological polar surface area (TPSA) is 38.5 Å². The van der Waals surface area contributed by atoms with Crippen molar-refractivity contribution in [2.75, 3.05) is 33.5 Å². The number of ether oxygens (including phenoxy) is 1. The van der Waals surface area contributed by atoms with E-state index in [9.17, 15) is 0 Å². The zero-order chi connectivity index (χ0) is 11.3. The molecule has 1 rings (SSSR count). The molecule has 1 aromatic rings. The summed E-state index contributed by atoms with van der Waals surface area (Å²) < 4.78 is 5.24. The highest BCUT2D eigenvalue weighted by atomic mass is 16.5. The van der Waals surface area contributed by atoms with E-state index in [1.54, 1.807) is 7.11 Å². The van der Waals surface area contributed by atoms with Crippen LogP contribution in [0.3, 0.4) is 0 Å². The molecule has 0 bridgehead atoms. The third-order valence-electron chi connectivity index (χ3n) is 2.02. The van der Waals surface area contributed by atoms with Crippen LogP contribution in [0.25, 0.3) is 6.08 Å². The van der Waals surface area contributed by atoms with Crippen molar-refractivity contribution in [2.24, 2.45) is 0 Å². The minimum absolute atomic E-state index is 0.750. The number of nitrogens with zero attached hydrogens (tertiary/aromatic N) is 1. The molecular weight excluding hydrogens is 188 g/mol. The van der Waals surface area contributed by atoms with E-state index in [-0.39, 0.29) is 0 Å². The quantitative estimate of drug-likeness (QED) is 0.764. The Balaban J connectivity index is 2.82. The lowest BCUT2D eigenvalue weighted by molar-refractivity contribution is 0.414. The predicted octanol–water partition coefficient (Wildman–Crippen LogP) is 1.85. The second-order valence-electron chi connectivity index (χ2n) is 3.67. The van der Waals surface area contributed by atoms with Gasteiger partial charge < -0.3 is 15.4 Å². The van der Waals surface area contributed by atoms with E-state index in [0.29, 0.717) is 0 Å². The van der Waals surface area contributed by atoms with Crippen LogP contribution < -0.4 is 10.5 Å². The van der Waals surface area contributed by atoms with Gasteiger partial charge in [-0.3, -0.25) is 0 Å². The number of likely N-dealkylation sites (N-methyl/N-ethyl adjacent to an activating group) is 1. The van der Waals surface area contributed by atoms with Gasteiger partial charge in [-0.15, -0.1) is 0 Å². The van der Waals surface area contributed by atoms with E-state index in [1.165, 1.54) is 0 Å². The summed E-state index contributed by atoms with van der Waals surface area (Å²) in [6.07, 6.45) is 4.10. The zero-order valence-electron chi connectivity index (χ0n) is 9.53. The van der Waals surface area contributed by atoms with Crippen molar-refractivity contribution >= 4 is 11.8 Å². The van der Waals surface area contributed by atoms with E-state index in [1.807, 2.05) is 38.4 Å². The van der Waals surface area contributed by atoms with Crippen molar-refractivity contribution in [3.8, 4) is 5.75 Å². The molecule has 1 aromatic carbocycles. The third-order valence-corrected chi connectivity index (χ3v) is 2.02. The molecule has 2 N–H and O–H groups in total. The van der Waals surface area contributed by atoms with Crippen LogP contribution in [0, 0.1) is 0 Å². The fourth-order valence-electron chi connectivity index (χ4n) is 1.27. The monoisotopic (exact) mass is 206 g/mol. The number of benzene rings is 1. The van der Waals surface area contributed by atoms with Crippen LogP contribution in [0.4, 0.5) is 5.69 Å². The molecular formula is C12H18N2O. The summed E-state index contributed by atoms with van der Waals surface area (Å²) >= 11 is 0. The summed E-state index contributed by atoms with van der Waals surface area (Å²) in [4.78, 5) is 2.09. The van der Waals surface area contributed by atoms with Crippen LogP contribution in [-0.2, 0) is 0 Å². The summed E-state index contributed by atoms with van der Waals surface area (Å²) in [5.41, 5.74) is 7.48. The van der Waals surface area contributed by atoms with Crippen LogP contribution in [0.2, 0.25) is 0 Å². The first-order valence-electron chi connectivity index (χ1n) is 4.88. The highest BCUT2D eigenvalue weighted by Crippen LogP contribution is 2.22. The largest absolute Gasteiger partial charge is 0.496 e. The molecule has 0 unspecified atom stereocenters. The van der Waals surface area contributed by atoms with Gasteiger partial charge in [0, 0.05) is 17.8 Å². The van der Waals surface area contributed by atoms with Gasteiger partial charge in [-0.05, 0) is 32.3 Å². The molecule has 0 fully saturated rings. The third kappa shape index (κ3) is 3.64. The molecule has 15 heavy (non-hydrogen) atoms. The fraction of sp³-hybridized carbons (Fsp3) is 0.333. The molecule has 0 atom stereocenters. The average molecular weight is 206 g/mol. The summed E-state index contributed by atoms with van der Waals surface area (Å²) in [6, 6.07) is 5.62. The van der Waals surface area contributed by atoms with E-state index in [2.05, 4.69) is 11.0 Å². The summed E-state index contributed by atoms with van der Waals surface area (Å²) in [7, 11) is 5.72. The number of hydrogen-bond donors (Lipinski definition) is 1. The Morgan fingerprint density at radius 3 is 2.73 bits per heavy atom. The second-order valence-corrected chi connectivity index (χ2v) is 3.67. The fourth-order valence-corrected chi connectivity index (χ4v) is 1.27. The molecule has 0 aromatic heterocycles. The maximum atomic E-state index is 5.71. The Kier molecular flexibility index (Phi) is 4.18. The van der Waals surface area contributed by atoms with E-state index in [0.717, 1.165) is 23.5 Å². The zero-order valence-corrected chi connectivity index (χ0v) is 9.53. The van der Waals surface area contributed by atoms with Crippen LogP contribution in [-0.4, -0.2) is 32.6 Å². The van der Waals surface area contributed by atoms with E-state index in [4.69, 9.17) is 10.5 Å². The van der Waals surface area contributed by atoms with Crippen molar-refractivity contribution in [3.05, 3.63) is 29.8 Å². The molecule has 0 aliphatic heterocycles. The molecule has 0 heterocycles. The van der Waals surface area contributed by atoms with Gasteiger partial charge in [-0.1, -0.05) is 12.2 Å². The molecule has 0 saturated carbocycles. The Morgan fingerprint density at radius 2 is 2.13 bits per heavy atom. The van der Waals surface area contributed by atoms with Gasteiger partial charge in [-0.25, -0.2) is 0 Å². The summed E-state index contributed by atoms with van der Waals surface area (Å²) in [5, 5.41) is 0. The summed E-state index contributed by atoms with van der Waals surface area (Å²) in [5.74, 6) is 0.846. The molecule has 0 aliphatic rings. The van der Waals surface area contributed by atoms with E-state index >= 15 is 0 Å². The van der Waals surface area contributed by atoms with Gasteiger partial charge in [0.05, 0.1) is 7.11 Å². The smallest absolute Gasteiger partial charge is 0.126 e. The SMILES string of the molecule is COc1ccc(N)cc1/C=C/CN(C)C. The molecule has 0 saturated heterocycles. The number of methoxy groups -OCH3 is 1. The van der Waals surface area contributed by atoms with Crippen molar-refractivity contribution in [2.45, 2.75) is 0 Å². The molecule has 0 amide bonds. The lowest BCUT2D eigenvalue weighted by Crippen LogP contribution is -2.10. The van der Waals surface area contributed by atoms with Crippen molar-refractivity contribution in [1.82, 2.24) is 4.90 Å². The molecule has 0 aliphatic carbocycles. The Bertz CT molecular complexity index is 345. The molecule has 0 spiro atoms. The van der Waals surface area contributed by atoms with Crippen molar-refractivity contribution in [1.29, 1.82) is 0 Å². The first-order chi connectivity index (χ1) is 7.13. The molecule has 82 valence electrons. The Morgan fingerprint density at radius 1 is 1.40 bits per heavy atom. The van der Waals surface area contributed by atoms with Crippen molar-refractivity contribution in [3.63, 3.8) is 0 Å². The van der Waals surface area contributed by atoms with Gasteiger partial charge in [0.2, 0.25) is 0 Å². The Hall–Kier alpha value is -1.48. The standard InChI is InChI=1S/C12H18N2O/c1-14(2)8-4-5-10-9-11(13)6-7-12(10)15-3/h4-7,9H,8,13H2,1-3H3/b5-4+. The van der Waals surface area contributed by atoms with Gasteiger partial charge in [0.1, 0.15) is 5.75 Å². The number of nitrogen functional groups attached to an aromatic ring is 1. The maximum absolute atomic E-state index is 5.71. The molecule has 0 radical (unpaired) electrons. The normalized spacial score (nSPS) is 11.2. The van der Waals surface area contributed by atoms with E-state index < -0.39 is 0 Å². The number of hydrogen-bond acceptors (Lipinski definition) is 3. The Labute approximate surface area is 91.1 Å². The summed E-state index contributed by atoms with van der Waals surface area (Å²) in [6.45, 7) is 0.901. The minimum atomic E-state index is 0.750. The lowest BCUT2D eigenvalue weighted by Gasteiger charge is -2.07. The number of rotatable bonds is 4. The number of nitrogens with two attached hydrogens (primary N) is 1. The molecule has 3 heteroatoms. The first-order valence-corrected chi connectivity index (χ1v) is 4.88. The minimum Gasteiger partial charge on any atom is -0.496 e. The molecule has 3 nitrogen and oxygen atoms in total. The highest BCUT2D eigenvalue weighted by molar-refractivity contribution is 5.62. The van der Waals surface area contributed by atoms with Gasteiger partial charge in [0.25, 0.3) is 0 Å². The van der Waals surface area contributed by atoms with Crippen LogP contribution in [0.1, 0.15) is 5.56 Å². The van der Waals surface area contributed by atoms with Gasteiger partial charge >= 0.3 is 0 Å². The van der Waals surface area contributed by atoms with Crippen molar-refractivity contribution < 1.29 is 4.74 Å². The van der Waals surface area contributed by atoms with Crippen LogP contribution >= 0.6 is 0 Å². The van der Waals surface area contributed by atoms with Gasteiger partial charge in [0.15, 0.2) is 0 Å².